The molecule has 152 valence electrons. The zero-order valence-corrected chi connectivity index (χ0v) is 16.9. The lowest BCUT2D eigenvalue weighted by atomic mass is 10.2. The molecule has 1 aliphatic rings. The van der Waals surface area contributed by atoms with Crippen molar-refractivity contribution < 1.29 is 4.79 Å². The first-order valence-corrected chi connectivity index (χ1v) is 9.72. The maximum atomic E-state index is 11.0. The van der Waals surface area contributed by atoms with Crippen LogP contribution in [0.25, 0.3) is 11.4 Å². The average Bonchev–Trinajstić information content (AvgIpc) is 2.72. The number of hydrogen-bond acceptors (Lipinski definition) is 7. The number of rotatable bonds is 9. The second kappa shape index (κ2) is 10.2. The Morgan fingerprint density at radius 3 is 2.48 bits per heavy atom. The summed E-state index contributed by atoms with van der Waals surface area (Å²) < 4.78 is 0. The Kier molecular flexibility index (Phi) is 7.16. The summed E-state index contributed by atoms with van der Waals surface area (Å²) in [6, 6.07) is 11.8. The van der Waals surface area contributed by atoms with Gasteiger partial charge in [0.2, 0.25) is 5.91 Å². The monoisotopic (exact) mass is 393 g/mol. The molecule has 0 atom stereocenters. The van der Waals surface area contributed by atoms with E-state index in [1.165, 1.54) is 6.92 Å². The van der Waals surface area contributed by atoms with Crippen molar-refractivity contribution in [3.8, 4) is 11.4 Å². The second-order valence-electron chi connectivity index (χ2n) is 6.74. The SMILES string of the molecule is CC(=O)NCCNc1cc(NCCN2C=C(C)N=CC2)nc(-c2ccccc2)n1. The van der Waals surface area contributed by atoms with E-state index in [1.54, 1.807) is 0 Å². The molecular weight excluding hydrogens is 366 g/mol. The summed E-state index contributed by atoms with van der Waals surface area (Å²) in [4.78, 5) is 26.8. The molecule has 8 nitrogen and oxygen atoms in total. The Hall–Kier alpha value is -3.42. The molecule has 3 rings (SSSR count). The number of allylic oxidation sites excluding steroid dienone is 1. The van der Waals surface area contributed by atoms with E-state index in [9.17, 15) is 4.79 Å². The molecular formula is C21H27N7O. The molecule has 2 heterocycles. The van der Waals surface area contributed by atoms with Crippen molar-refractivity contribution in [3.63, 3.8) is 0 Å². The summed E-state index contributed by atoms with van der Waals surface area (Å²) in [6.07, 6.45) is 3.98. The number of benzene rings is 1. The van der Waals surface area contributed by atoms with Crippen LogP contribution in [0.4, 0.5) is 11.6 Å². The van der Waals surface area contributed by atoms with Crippen molar-refractivity contribution in [3.05, 3.63) is 48.3 Å². The van der Waals surface area contributed by atoms with Crippen molar-refractivity contribution in [2.45, 2.75) is 13.8 Å². The van der Waals surface area contributed by atoms with Gasteiger partial charge in [-0.1, -0.05) is 30.3 Å². The lowest BCUT2D eigenvalue weighted by Gasteiger charge is -2.22. The van der Waals surface area contributed by atoms with Gasteiger partial charge >= 0.3 is 0 Å². The Morgan fingerprint density at radius 1 is 1.07 bits per heavy atom. The van der Waals surface area contributed by atoms with Crippen molar-refractivity contribution in [1.82, 2.24) is 20.2 Å². The number of nitrogens with zero attached hydrogens (tertiary/aromatic N) is 4. The van der Waals surface area contributed by atoms with Crippen LogP contribution in [0, 0.1) is 0 Å². The largest absolute Gasteiger partial charge is 0.369 e. The minimum absolute atomic E-state index is 0.0474. The standard InChI is InChI=1S/C21H27N7O/c1-16-15-28(12-10-22-16)13-11-25-20-14-19(24-9-8-23-17(2)29)26-21(27-20)18-6-4-3-5-7-18/h3-7,10,14-15H,8-9,11-13H2,1-2H3,(H,23,29)(H2,24,25,26,27). The number of aliphatic imine (C=N–C) groups is 1. The molecule has 29 heavy (non-hydrogen) atoms. The zero-order valence-electron chi connectivity index (χ0n) is 16.9. The molecule has 0 fully saturated rings. The zero-order chi connectivity index (χ0) is 20.5. The van der Waals surface area contributed by atoms with Crippen LogP contribution < -0.4 is 16.0 Å². The molecule has 3 N–H and O–H groups in total. The number of carbonyl (C=O) groups excluding carboxylic acids is 1. The van der Waals surface area contributed by atoms with Gasteiger partial charge in [0.1, 0.15) is 11.6 Å². The molecule has 0 radical (unpaired) electrons. The first-order valence-electron chi connectivity index (χ1n) is 9.72. The minimum atomic E-state index is -0.0474. The van der Waals surface area contributed by atoms with E-state index in [0.717, 1.165) is 36.7 Å². The van der Waals surface area contributed by atoms with Crippen LogP contribution in [-0.4, -0.2) is 59.7 Å². The molecule has 0 unspecified atom stereocenters. The summed E-state index contributed by atoms with van der Waals surface area (Å²) in [6.45, 7) is 7.02. The molecule has 0 spiro atoms. The predicted octanol–water partition coefficient (Wildman–Crippen LogP) is 2.35. The third kappa shape index (κ3) is 6.60. The predicted molar refractivity (Wildman–Crippen MR) is 117 cm³/mol. The molecule has 1 aromatic heterocycles. The van der Waals surface area contributed by atoms with Crippen LogP contribution in [-0.2, 0) is 4.79 Å². The average molecular weight is 393 g/mol. The van der Waals surface area contributed by atoms with E-state index in [4.69, 9.17) is 0 Å². The van der Waals surface area contributed by atoms with Gasteiger partial charge in [-0.15, -0.1) is 0 Å². The third-order valence-electron chi connectivity index (χ3n) is 4.25. The van der Waals surface area contributed by atoms with E-state index in [0.29, 0.717) is 24.7 Å². The highest BCUT2D eigenvalue weighted by atomic mass is 16.1. The maximum absolute atomic E-state index is 11.0. The summed E-state index contributed by atoms with van der Waals surface area (Å²) in [7, 11) is 0. The van der Waals surface area contributed by atoms with Gasteiger partial charge in [0, 0.05) is 57.1 Å². The van der Waals surface area contributed by atoms with Crippen LogP contribution in [0.5, 0.6) is 0 Å². The molecule has 0 saturated heterocycles. The Bertz CT molecular complexity index is 880. The fourth-order valence-electron chi connectivity index (χ4n) is 2.90. The molecule has 1 aromatic carbocycles. The minimum Gasteiger partial charge on any atom is -0.369 e. The Balaban J connectivity index is 1.66. The number of amides is 1. The van der Waals surface area contributed by atoms with Gasteiger partial charge in [0.15, 0.2) is 5.82 Å². The highest BCUT2D eigenvalue weighted by Crippen LogP contribution is 2.20. The normalized spacial score (nSPS) is 13.0. The summed E-state index contributed by atoms with van der Waals surface area (Å²) in [5.41, 5.74) is 1.96. The lowest BCUT2D eigenvalue weighted by Crippen LogP contribution is -2.28. The quantitative estimate of drug-likeness (QED) is 0.566. The number of hydrogen-bond donors (Lipinski definition) is 3. The van der Waals surface area contributed by atoms with Gasteiger partial charge < -0.3 is 20.9 Å². The van der Waals surface area contributed by atoms with E-state index >= 15 is 0 Å². The van der Waals surface area contributed by atoms with Crippen LogP contribution in [0.3, 0.4) is 0 Å². The number of aromatic nitrogens is 2. The Morgan fingerprint density at radius 2 is 1.79 bits per heavy atom. The van der Waals surface area contributed by atoms with E-state index in [1.807, 2.05) is 49.5 Å². The molecule has 0 aliphatic carbocycles. The molecule has 1 amide bonds. The van der Waals surface area contributed by atoms with E-state index in [2.05, 4.69) is 42.0 Å². The van der Waals surface area contributed by atoms with Crippen LogP contribution in [0.2, 0.25) is 0 Å². The van der Waals surface area contributed by atoms with Gasteiger partial charge in [0.05, 0.1) is 12.2 Å². The lowest BCUT2D eigenvalue weighted by molar-refractivity contribution is -0.118. The van der Waals surface area contributed by atoms with Crippen LogP contribution in [0.15, 0.2) is 53.3 Å². The topological polar surface area (TPSA) is 94.5 Å². The van der Waals surface area contributed by atoms with E-state index < -0.39 is 0 Å². The number of nitrogens with one attached hydrogen (secondary N) is 3. The summed E-state index contributed by atoms with van der Waals surface area (Å²) in [5.74, 6) is 2.08. The van der Waals surface area contributed by atoms with Crippen molar-refractivity contribution in [2.75, 3.05) is 43.4 Å². The Labute approximate surface area is 171 Å². The van der Waals surface area contributed by atoms with Crippen molar-refractivity contribution in [1.29, 1.82) is 0 Å². The first-order chi connectivity index (χ1) is 14.1. The molecule has 8 heteroatoms. The molecule has 1 aliphatic heterocycles. The molecule has 2 aromatic rings. The maximum Gasteiger partial charge on any atom is 0.216 e. The fraction of sp³-hybridized carbons (Fsp3) is 0.333. The highest BCUT2D eigenvalue weighted by molar-refractivity contribution is 5.72. The van der Waals surface area contributed by atoms with Crippen LogP contribution >= 0.6 is 0 Å². The smallest absolute Gasteiger partial charge is 0.216 e. The summed E-state index contributed by atoms with van der Waals surface area (Å²) >= 11 is 0. The van der Waals surface area contributed by atoms with Crippen molar-refractivity contribution in [2.24, 2.45) is 4.99 Å². The second-order valence-corrected chi connectivity index (χ2v) is 6.74. The number of carbonyl (C=O) groups is 1. The van der Waals surface area contributed by atoms with Crippen LogP contribution in [0.1, 0.15) is 13.8 Å². The fourth-order valence-corrected chi connectivity index (χ4v) is 2.90. The third-order valence-corrected chi connectivity index (χ3v) is 4.25. The molecule has 0 saturated carbocycles. The summed E-state index contributed by atoms with van der Waals surface area (Å²) in [5, 5.41) is 9.41. The van der Waals surface area contributed by atoms with Gasteiger partial charge in [-0.25, -0.2) is 9.97 Å². The molecule has 0 bridgehead atoms. The van der Waals surface area contributed by atoms with Crippen molar-refractivity contribution >= 4 is 23.8 Å². The van der Waals surface area contributed by atoms with Gasteiger partial charge in [-0.2, -0.15) is 0 Å². The van der Waals surface area contributed by atoms with E-state index in [-0.39, 0.29) is 5.91 Å². The van der Waals surface area contributed by atoms with Gasteiger partial charge in [0.25, 0.3) is 0 Å². The number of anilines is 2. The first kappa shape index (κ1) is 20.3. The highest BCUT2D eigenvalue weighted by Gasteiger charge is 2.08. The van der Waals surface area contributed by atoms with Gasteiger partial charge in [-0.3, -0.25) is 9.79 Å². The van der Waals surface area contributed by atoms with Gasteiger partial charge in [-0.05, 0) is 6.92 Å².